The smallest absolute Gasteiger partial charge is 0.234 e. The van der Waals surface area contributed by atoms with Crippen LogP contribution < -0.4 is 10.2 Å². The second kappa shape index (κ2) is 8.19. The van der Waals surface area contributed by atoms with Gasteiger partial charge in [0.15, 0.2) is 10.8 Å². The predicted molar refractivity (Wildman–Crippen MR) is 115 cm³/mol. The van der Waals surface area contributed by atoms with Gasteiger partial charge in [-0.3, -0.25) is 9.20 Å². The van der Waals surface area contributed by atoms with Gasteiger partial charge in [-0.2, -0.15) is 0 Å². The van der Waals surface area contributed by atoms with Crippen molar-refractivity contribution >= 4 is 57.9 Å². The number of nitrogens with zero attached hydrogens (tertiary/aromatic N) is 4. The summed E-state index contributed by atoms with van der Waals surface area (Å²) in [4.78, 5) is 14.8. The van der Waals surface area contributed by atoms with E-state index in [4.69, 9.17) is 23.2 Å². The molecule has 4 rings (SSSR count). The largest absolute Gasteiger partial charge is 0.372 e. The molecule has 3 aromatic rings. The number of aryl methyl sites for hydroxylation is 1. The summed E-state index contributed by atoms with van der Waals surface area (Å²) in [6.07, 6.45) is 4.16. The fourth-order valence-corrected chi connectivity index (χ4v) is 4.50. The number of carbonyl (C=O) groups excluding carboxylic acids is 1. The van der Waals surface area contributed by atoms with E-state index in [2.05, 4.69) is 32.5 Å². The summed E-state index contributed by atoms with van der Waals surface area (Å²) in [5.74, 6) is 0.102. The summed E-state index contributed by atoms with van der Waals surface area (Å²) in [5, 5.41) is 12.6. The van der Waals surface area contributed by atoms with Gasteiger partial charge in [-0.25, -0.2) is 0 Å². The minimum atomic E-state index is -0.105. The molecule has 0 bridgehead atoms. The first-order valence-electron chi connectivity index (χ1n) is 8.99. The summed E-state index contributed by atoms with van der Waals surface area (Å²) in [6.45, 7) is 4.21. The highest BCUT2D eigenvalue weighted by atomic mass is 35.5. The number of benzene rings is 1. The molecule has 6 nitrogen and oxygen atoms in total. The number of rotatable bonds is 5. The molecule has 1 aromatic carbocycles. The minimum Gasteiger partial charge on any atom is -0.372 e. The average molecular weight is 436 g/mol. The second-order valence-electron chi connectivity index (χ2n) is 6.71. The van der Waals surface area contributed by atoms with Gasteiger partial charge in [0, 0.05) is 30.7 Å². The zero-order chi connectivity index (χ0) is 19.7. The zero-order valence-corrected chi connectivity index (χ0v) is 17.6. The van der Waals surface area contributed by atoms with Crippen LogP contribution >= 0.6 is 35.0 Å². The minimum absolute atomic E-state index is 0.105. The van der Waals surface area contributed by atoms with Crippen molar-refractivity contribution in [3.8, 4) is 0 Å². The SMILES string of the molecule is Cc1cc(N2CCCC2)ccc1NC(=O)CSc1nnc2c(Cl)cc(Cl)cn12. The Balaban J connectivity index is 1.41. The Morgan fingerprint density at radius 1 is 1.21 bits per heavy atom. The van der Waals surface area contributed by atoms with Gasteiger partial charge in [0.2, 0.25) is 5.91 Å². The number of aromatic nitrogens is 3. The normalized spacial score (nSPS) is 14.0. The maximum Gasteiger partial charge on any atom is 0.234 e. The number of hydrogen-bond donors (Lipinski definition) is 1. The van der Waals surface area contributed by atoms with Crippen molar-refractivity contribution in [1.82, 2.24) is 14.6 Å². The van der Waals surface area contributed by atoms with Gasteiger partial charge >= 0.3 is 0 Å². The van der Waals surface area contributed by atoms with Crippen molar-refractivity contribution in [2.24, 2.45) is 0 Å². The Bertz CT molecular complexity index is 1030. The number of carbonyl (C=O) groups is 1. The summed E-state index contributed by atoms with van der Waals surface area (Å²) >= 11 is 13.5. The van der Waals surface area contributed by atoms with Gasteiger partial charge in [-0.1, -0.05) is 35.0 Å². The first kappa shape index (κ1) is 19.4. The molecule has 0 spiro atoms. The van der Waals surface area contributed by atoms with Crippen LogP contribution in [0.3, 0.4) is 0 Å². The lowest BCUT2D eigenvalue weighted by molar-refractivity contribution is -0.113. The maximum absolute atomic E-state index is 12.4. The molecule has 1 saturated heterocycles. The van der Waals surface area contributed by atoms with Gasteiger partial charge in [0.05, 0.1) is 15.8 Å². The molecule has 0 saturated carbocycles. The van der Waals surface area contributed by atoms with E-state index in [0.29, 0.717) is 20.8 Å². The molecule has 1 aliphatic rings. The average Bonchev–Trinajstić information content (AvgIpc) is 3.32. The van der Waals surface area contributed by atoms with E-state index in [1.54, 1.807) is 16.7 Å². The van der Waals surface area contributed by atoms with E-state index in [1.807, 2.05) is 13.0 Å². The molecule has 9 heteroatoms. The summed E-state index contributed by atoms with van der Waals surface area (Å²) in [5.41, 5.74) is 3.60. The summed E-state index contributed by atoms with van der Waals surface area (Å²) in [6, 6.07) is 7.78. The molecule has 0 aliphatic carbocycles. The molecule has 1 amide bonds. The highest BCUT2D eigenvalue weighted by Crippen LogP contribution is 2.27. The van der Waals surface area contributed by atoms with Crippen LogP contribution in [0.4, 0.5) is 11.4 Å². The van der Waals surface area contributed by atoms with Gasteiger partial charge in [-0.05, 0) is 49.6 Å². The van der Waals surface area contributed by atoms with Gasteiger partial charge in [0.1, 0.15) is 0 Å². The molecule has 1 fully saturated rings. The number of thioether (sulfide) groups is 1. The van der Waals surface area contributed by atoms with Crippen LogP contribution in [0.15, 0.2) is 35.6 Å². The fraction of sp³-hybridized carbons (Fsp3) is 0.316. The number of pyridine rings is 1. The Morgan fingerprint density at radius 2 is 2.00 bits per heavy atom. The van der Waals surface area contributed by atoms with Crippen LogP contribution in [0.1, 0.15) is 18.4 Å². The molecule has 1 aliphatic heterocycles. The van der Waals surface area contributed by atoms with Crippen LogP contribution in [-0.2, 0) is 4.79 Å². The van der Waals surface area contributed by atoms with Crippen LogP contribution in [0.5, 0.6) is 0 Å². The number of anilines is 2. The van der Waals surface area contributed by atoms with Crippen LogP contribution in [0, 0.1) is 6.92 Å². The van der Waals surface area contributed by atoms with Gasteiger partial charge in [-0.15, -0.1) is 10.2 Å². The molecular formula is C19H19Cl2N5OS. The molecule has 0 unspecified atom stereocenters. The Labute approximate surface area is 177 Å². The van der Waals surface area contributed by atoms with E-state index >= 15 is 0 Å². The van der Waals surface area contributed by atoms with Crippen molar-refractivity contribution in [2.45, 2.75) is 24.9 Å². The first-order valence-corrected chi connectivity index (χ1v) is 10.7. The second-order valence-corrected chi connectivity index (χ2v) is 8.50. The lowest BCUT2D eigenvalue weighted by atomic mass is 10.1. The molecule has 146 valence electrons. The van der Waals surface area contributed by atoms with Crippen molar-refractivity contribution in [3.05, 3.63) is 46.1 Å². The lowest BCUT2D eigenvalue weighted by Gasteiger charge is -2.19. The third-order valence-electron chi connectivity index (χ3n) is 4.68. The molecule has 2 aromatic heterocycles. The van der Waals surface area contributed by atoms with E-state index in [0.717, 1.165) is 24.3 Å². The number of amides is 1. The molecule has 28 heavy (non-hydrogen) atoms. The van der Waals surface area contributed by atoms with Crippen LogP contribution in [-0.4, -0.2) is 39.3 Å². The van der Waals surface area contributed by atoms with Crippen molar-refractivity contribution in [2.75, 3.05) is 29.1 Å². The third kappa shape index (κ3) is 4.06. The predicted octanol–water partition coefficient (Wildman–Crippen LogP) is 4.68. The third-order valence-corrected chi connectivity index (χ3v) is 6.11. The number of fused-ring (bicyclic) bond motifs is 1. The fourth-order valence-electron chi connectivity index (χ4n) is 3.28. The quantitative estimate of drug-likeness (QED) is 0.589. The molecule has 3 heterocycles. The number of nitrogens with one attached hydrogen (secondary N) is 1. The highest BCUT2D eigenvalue weighted by molar-refractivity contribution is 7.99. The van der Waals surface area contributed by atoms with E-state index in [-0.39, 0.29) is 11.7 Å². The van der Waals surface area contributed by atoms with Crippen LogP contribution in [0.25, 0.3) is 5.65 Å². The Kier molecular flexibility index (Phi) is 5.66. The topological polar surface area (TPSA) is 62.5 Å². The van der Waals surface area contributed by atoms with E-state index < -0.39 is 0 Å². The van der Waals surface area contributed by atoms with E-state index in [1.165, 1.54) is 30.3 Å². The highest BCUT2D eigenvalue weighted by Gasteiger charge is 2.15. The summed E-state index contributed by atoms with van der Waals surface area (Å²) in [7, 11) is 0. The molecular weight excluding hydrogens is 417 g/mol. The number of halogens is 2. The number of hydrogen-bond acceptors (Lipinski definition) is 5. The molecule has 1 N–H and O–H groups in total. The first-order chi connectivity index (χ1) is 13.5. The van der Waals surface area contributed by atoms with E-state index in [9.17, 15) is 4.79 Å². The maximum atomic E-state index is 12.4. The monoisotopic (exact) mass is 435 g/mol. The Hall–Kier alpha value is -1.96. The van der Waals surface area contributed by atoms with Gasteiger partial charge in [0.25, 0.3) is 0 Å². The van der Waals surface area contributed by atoms with Crippen molar-refractivity contribution < 1.29 is 4.79 Å². The molecule has 0 atom stereocenters. The van der Waals surface area contributed by atoms with Gasteiger partial charge < -0.3 is 10.2 Å². The summed E-state index contributed by atoms with van der Waals surface area (Å²) < 4.78 is 1.69. The van der Waals surface area contributed by atoms with Crippen molar-refractivity contribution in [3.63, 3.8) is 0 Å². The Morgan fingerprint density at radius 3 is 2.75 bits per heavy atom. The van der Waals surface area contributed by atoms with Crippen LogP contribution in [0.2, 0.25) is 10.0 Å². The zero-order valence-electron chi connectivity index (χ0n) is 15.3. The lowest BCUT2D eigenvalue weighted by Crippen LogP contribution is -2.18. The van der Waals surface area contributed by atoms with Crippen molar-refractivity contribution in [1.29, 1.82) is 0 Å². The standard InChI is InChI=1S/C19H19Cl2N5OS/c1-12-8-14(25-6-2-3-7-25)4-5-16(12)22-17(27)11-28-19-24-23-18-15(21)9-13(20)10-26(18)19/h4-5,8-10H,2-3,6-7,11H2,1H3,(H,22,27). The molecule has 0 radical (unpaired) electrons.